The third-order valence-corrected chi connectivity index (χ3v) is 6.70. The molecule has 0 saturated heterocycles. The van der Waals surface area contributed by atoms with Crippen molar-refractivity contribution in [3.63, 3.8) is 0 Å². The van der Waals surface area contributed by atoms with E-state index < -0.39 is 11.6 Å². The van der Waals surface area contributed by atoms with Crippen molar-refractivity contribution in [1.29, 1.82) is 0 Å². The Bertz CT molecular complexity index is 979. The standard InChI is InChI=1S/C16H3Cl7O2/c17-8-7(9(18)11(20)12(21)10(8)19)4-2-1-3-5-6(4)16(25)14(23)13(22)15(5)24/h1-3H. The number of halogens is 7. The van der Waals surface area contributed by atoms with E-state index in [1.54, 1.807) is 12.1 Å². The van der Waals surface area contributed by atoms with Crippen molar-refractivity contribution in [3.8, 4) is 11.1 Å². The summed E-state index contributed by atoms with van der Waals surface area (Å²) < 4.78 is 0. The van der Waals surface area contributed by atoms with Gasteiger partial charge in [-0.3, -0.25) is 9.59 Å². The number of hydrogen-bond donors (Lipinski definition) is 0. The molecule has 9 heteroatoms. The molecule has 0 radical (unpaired) electrons. The third kappa shape index (κ3) is 2.89. The number of carbonyl (C=O) groups is 2. The van der Waals surface area contributed by atoms with Crippen molar-refractivity contribution >= 4 is 92.8 Å². The number of ketones is 2. The largest absolute Gasteiger partial charge is 0.288 e. The molecule has 0 fully saturated rings. The lowest BCUT2D eigenvalue weighted by atomic mass is 9.87. The first-order valence-electron chi connectivity index (χ1n) is 6.48. The van der Waals surface area contributed by atoms with Gasteiger partial charge in [0, 0.05) is 16.7 Å². The molecule has 0 aliphatic heterocycles. The van der Waals surface area contributed by atoms with Gasteiger partial charge in [-0.15, -0.1) is 0 Å². The van der Waals surface area contributed by atoms with Crippen LogP contribution in [0, 0.1) is 0 Å². The molecule has 0 spiro atoms. The van der Waals surface area contributed by atoms with Gasteiger partial charge >= 0.3 is 0 Å². The summed E-state index contributed by atoms with van der Waals surface area (Å²) in [6.45, 7) is 0. The van der Waals surface area contributed by atoms with E-state index in [9.17, 15) is 9.59 Å². The normalized spacial score (nSPS) is 14.2. The van der Waals surface area contributed by atoms with Gasteiger partial charge in [0.1, 0.15) is 10.1 Å². The Balaban J connectivity index is 2.43. The van der Waals surface area contributed by atoms with Crippen LogP contribution in [0.1, 0.15) is 20.7 Å². The molecule has 2 aromatic rings. The van der Waals surface area contributed by atoms with Gasteiger partial charge in [-0.1, -0.05) is 99.4 Å². The van der Waals surface area contributed by atoms with E-state index in [-0.39, 0.29) is 57.4 Å². The summed E-state index contributed by atoms with van der Waals surface area (Å²) in [6.07, 6.45) is 0. The summed E-state index contributed by atoms with van der Waals surface area (Å²) in [4.78, 5) is 25.0. The second-order valence-corrected chi connectivity index (χ2v) is 7.61. The Morgan fingerprint density at radius 2 is 0.960 bits per heavy atom. The molecule has 0 saturated carbocycles. The maximum atomic E-state index is 12.6. The molecular weight excluding hydrogens is 472 g/mol. The summed E-state index contributed by atoms with van der Waals surface area (Å²) in [7, 11) is 0. The zero-order valence-corrected chi connectivity index (χ0v) is 17.0. The summed E-state index contributed by atoms with van der Waals surface area (Å²) in [5.41, 5.74) is 0.503. The zero-order valence-electron chi connectivity index (χ0n) is 11.7. The molecule has 2 aromatic carbocycles. The van der Waals surface area contributed by atoms with Crippen LogP contribution in [-0.4, -0.2) is 11.6 Å². The summed E-state index contributed by atoms with van der Waals surface area (Å²) in [5.74, 6) is -1.22. The molecule has 0 bridgehead atoms. The first-order valence-corrected chi connectivity index (χ1v) is 9.12. The van der Waals surface area contributed by atoms with Crippen molar-refractivity contribution in [2.24, 2.45) is 0 Å². The van der Waals surface area contributed by atoms with Gasteiger partial charge < -0.3 is 0 Å². The molecule has 0 heterocycles. The Morgan fingerprint density at radius 3 is 1.52 bits per heavy atom. The monoisotopic (exact) mass is 472 g/mol. The zero-order chi connectivity index (χ0) is 18.6. The van der Waals surface area contributed by atoms with Gasteiger partial charge in [0.15, 0.2) is 0 Å². The molecule has 0 N–H and O–H groups in total. The van der Waals surface area contributed by atoms with Crippen LogP contribution in [-0.2, 0) is 0 Å². The smallest absolute Gasteiger partial charge is 0.207 e. The number of rotatable bonds is 1. The lowest BCUT2D eigenvalue weighted by molar-refractivity contribution is 0.0987. The van der Waals surface area contributed by atoms with E-state index in [0.29, 0.717) is 0 Å². The van der Waals surface area contributed by atoms with Crippen molar-refractivity contribution < 1.29 is 9.59 Å². The number of benzene rings is 2. The fourth-order valence-electron chi connectivity index (χ4n) is 2.46. The van der Waals surface area contributed by atoms with Gasteiger partial charge in [0.05, 0.1) is 25.1 Å². The lowest BCUT2D eigenvalue weighted by Crippen LogP contribution is -2.19. The maximum Gasteiger partial charge on any atom is 0.207 e. The summed E-state index contributed by atoms with van der Waals surface area (Å²) >= 11 is 42.5. The lowest BCUT2D eigenvalue weighted by Gasteiger charge is -2.20. The second-order valence-electron chi connectivity index (χ2n) is 4.96. The summed E-state index contributed by atoms with van der Waals surface area (Å²) in [5, 5.41) is -0.821. The van der Waals surface area contributed by atoms with Crippen LogP contribution < -0.4 is 0 Å². The number of Topliss-reactive ketones (excluding diaryl/α,β-unsaturated/α-hetero) is 2. The van der Waals surface area contributed by atoms with E-state index >= 15 is 0 Å². The van der Waals surface area contributed by atoms with E-state index in [0.717, 1.165) is 0 Å². The van der Waals surface area contributed by atoms with Crippen molar-refractivity contribution in [3.05, 3.63) is 64.5 Å². The highest BCUT2D eigenvalue weighted by molar-refractivity contribution is 6.60. The van der Waals surface area contributed by atoms with Crippen molar-refractivity contribution in [1.82, 2.24) is 0 Å². The Labute approximate surface area is 177 Å². The van der Waals surface area contributed by atoms with E-state index in [2.05, 4.69) is 0 Å². The van der Waals surface area contributed by atoms with E-state index in [4.69, 9.17) is 81.2 Å². The van der Waals surface area contributed by atoms with Gasteiger partial charge in [-0.05, 0) is 5.56 Å². The first kappa shape index (κ1) is 19.3. The number of allylic oxidation sites excluding steroid dienone is 2. The predicted molar refractivity (Wildman–Crippen MR) is 104 cm³/mol. The Hall–Kier alpha value is -0.450. The number of fused-ring (bicyclic) bond motifs is 1. The topological polar surface area (TPSA) is 34.1 Å². The van der Waals surface area contributed by atoms with E-state index in [1.165, 1.54) is 6.07 Å². The molecule has 0 aromatic heterocycles. The van der Waals surface area contributed by atoms with Gasteiger partial charge in [-0.25, -0.2) is 0 Å². The molecular formula is C16H3Cl7O2. The van der Waals surface area contributed by atoms with Crippen LogP contribution >= 0.6 is 81.2 Å². The van der Waals surface area contributed by atoms with Gasteiger partial charge in [-0.2, -0.15) is 0 Å². The Kier molecular flexibility index (Phi) is 5.36. The van der Waals surface area contributed by atoms with Crippen molar-refractivity contribution in [2.45, 2.75) is 0 Å². The first-order chi connectivity index (χ1) is 11.7. The minimum Gasteiger partial charge on any atom is -0.288 e. The van der Waals surface area contributed by atoms with Gasteiger partial charge in [0.2, 0.25) is 11.6 Å². The van der Waals surface area contributed by atoms with Crippen LogP contribution in [0.25, 0.3) is 11.1 Å². The average molecular weight is 475 g/mol. The highest BCUT2D eigenvalue weighted by atomic mass is 35.5. The minimum absolute atomic E-state index is 0.00788. The molecule has 0 amide bonds. The predicted octanol–water partition coefficient (Wildman–Crippen LogP) is 7.69. The quantitative estimate of drug-likeness (QED) is 0.313. The van der Waals surface area contributed by atoms with Crippen LogP contribution in [0.15, 0.2) is 28.3 Å². The van der Waals surface area contributed by atoms with Crippen molar-refractivity contribution in [2.75, 3.05) is 0 Å². The molecule has 1 aliphatic carbocycles. The molecule has 0 unspecified atom stereocenters. The maximum absolute atomic E-state index is 12.6. The van der Waals surface area contributed by atoms with Crippen LogP contribution in [0.4, 0.5) is 0 Å². The average Bonchev–Trinajstić information content (AvgIpc) is 2.61. The minimum atomic E-state index is -0.633. The molecule has 128 valence electrons. The molecule has 1 aliphatic rings. The summed E-state index contributed by atoms with van der Waals surface area (Å²) in [6, 6.07) is 4.54. The Morgan fingerprint density at radius 1 is 0.520 bits per heavy atom. The molecule has 3 rings (SSSR count). The molecule has 2 nitrogen and oxygen atoms in total. The molecule has 25 heavy (non-hydrogen) atoms. The highest BCUT2D eigenvalue weighted by Crippen LogP contribution is 2.50. The van der Waals surface area contributed by atoms with Gasteiger partial charge in [0.25, 0.3) is 0 Å². The highest BCUT2D eigenvalue weighted by Gasteiger charge is 2.34. The number of hydrogen-bond acceptors (Lipinski definition) is 2. The second kappa shape index (κ2) is 6.94. The van der Waals surface area contributed by atoms with Crippen LogP contribution in [0.5, 0.6) is 0 Å². The fraction of sp³-hybridized carbons (Fsp3) is 0. The van der Waals surface area contributed by atoms with E-state index in [1.807, 2.05) is 0 Å². The SMILES string of the molecule is O=C1C(Cl)=C(Cl)C(=O)c2c1cccc2-c1c(Cl)c(Cl)c(Cl)c(Cl)c1Cl. The third-order valence-electron chi connectivity index (χ3n) is 3.61. The fourth-order valence-corrected chi connectivity index (χ4v) is 4.17. The van der Waals surface area contributed by atoms with Crippen LogP contribution in [0.2, 0.25) is 25.1 Å². The van der Waals surface area contributed by atoms with Crippen LogP contribution in [0.3, 0.4) is 0 Å². The number of carbonyl (C=O) groups excluding carboxylic acids is 2. The molecule has 0 atom stereocenters.